The molecule has 2 atom stereocenters. The predicted octanol–water partition coefficient (Wildman–Crippen LogP) is 1.79. The predicted molar refractivity (Wildman–Crippen MR) is 97.0 cm³/mol. The van der Waals surface area contributed by atoms with Gasteiger partial charge in [0.2, 0.25) is 0 Å². The number of hydrogen-bond acceptors (Lipinski definition) is 3. The Labute approximate surface area is 147 Å². The molecule has 0 unspecified atom stereocenters. The van der Waals surface area contributed by atoms with Crippen molar-refractivity contribution in [2.24, 2.45) is 5.92 Å². The molecule has 0 bridgehead atoms. The maximum atomic E-state index is 12.6. The Kier molecular flexibility index (Phi) is 4.03. The fraction of sp³-hybridized carbons (Fsp3) is 0.556. The highest BCUT2D eigenvalue weighted by atomic mass is 16.2. The van der Waals surface area contributed by atoms with E-state index in [2.05, 4.69) is 21.3 Å². The summed E-state index contributed by atoms with van der Waals surface area (Å²) in [6.07, 6.45) is 3.38. The van der Waals surface area contributed by atoms with Crippen molar-refractivity contribution in [1.82, 2.24) is 16.0 Å². The lowest BCUT2D eigenvalue weighted by molar-refractivity contribution is 0.232. The molecule has 3 fully saturated rings. The maximum absolute atomic E-state index is 12.6. The topological polar surface area (TPSA) is 85.5 Å². The Morgan fingerprint density at radius 2 is 2.28 bits per heavy atom. The molecule has 0 spiro atoms. The van der Waals surface area contributed by atoms with Gasteiger partial charge < -0.3 is 21.3 Å². The second-order valence-corrected chi connectivity index (χ2v) is 7.29. The van der Waals surface area contributed by atoms with Gasteiger partial charge in [-0.05, 0) is 43.4 Å². The Hall–Kier alpha value is -2.28. The van der Waals surface area contributed by atoms with Crippen LogP contribution in [-0.4, -0.2) is 43.8 Å². The molecule has 1 aliphatic carbocycles. The number of nitrogens with one attached hydrogen (secondary N) is 4. The molecule has 4 N–H and O–H groups in total. The number of benzene rings is 1. The van der Waals surface area contributed by atoms with Crippen molar-refractivity contribution >= 4 is 23.4 Å². The molecule has 2 aliphatic heterocycles. The highest BCUT2D eigenvalue weighted by Crippen LogP contribution is 2.38. The number of anilines is 2. The van der Waals surface area contributed by atoms with Crippen LogP contribution in [0.5, 0.6) is 0 Å². The highest BCUT2D eigenvalue weighted by molar-refractivity contribution is 5.97. The Balaban J connectivity index is 1.49. The van der Waals surface area contributed by atoms with E-state index in [9.17, 15) is 9.59 Å². The summed E-state index contributed by atoms with van der Waals surface area (Å²) in [6, 6.07) is 5.41. The Morgan fingerprint density at radius 3 is 3.08 bits per heavy atom. The molecule has 2 heterocycles. The minimum atomic E-state index is -0.165. The quantitative estimate of drug-likeness (QED) is 0.675. The number of amides is 4. The van der Waals surface area contributed by atoms with Gasteiger partial charge >= 0.3 is 12.1 Å². The Morgan fingerprint density at radius 1 is 1.40 bits per heavy atom. The summed E-state index contributed by atoms with van der Waals surface area (Å²) in [5.74, 6) is 0.527. The van der Waals surface area contributed by atoms with E-state index in [1.807, 2.05) is 25.1 Å². The van der Waals surface area contributed by atoms with Gasteiger partial charge in [-0.2, -0.15) is 0 Å². The first-order valence-electron chi connectivity index (χ1n) is 9.04. The molecular weight excluding hydrogens is 318 g/mol. The second kappa shape index (κ2) is 6.22. The lowest BCUT2D eigenvalue weighted by Gasteiger charge is -2.30. The number of rotatable bonds is 3. The van der Waals surface area contributed by atoms with Crippen LogP contribution in [0.25, 0.3) is 0 Å². The van der Waals surface area contributed by atoms with E-state index < -0.39 is 0 Å². The molecule has 4 amide bonds. The number of fused-ring (bicyclic) bond motifs is 1. The largest absolute Gasteiger partial charge is 0.336 e. The zero-order valence-corrected chi connectivity index (χ0v) is 14.5. The monoisotopic (exact) mass is 343 g/mol. The van der Waals surface area contributed by atoms with Crippen molar-refractivity contribution in [2.75, 3.05) is 36.4 Å². The van der Waals surface area contributed by atoms with E-state index in [1.165, 1.54) is 12.8 Å². The van der Waals surface area contributed by atoms with Crippen molar-refractivity contribution in [1.29, 1.82) is 0 Å². The molecule has 0 radical (unpaired) electrons. The summed E-state index contributed by atoms with van der Waals surface area (Å²) in [5.41, 5.74) is 2.38. The maximum Gasteiger partial charge on any atom is 0.322 e. The third-order valence-electron chi connectivity index (χ3n) is 5.85. The van der Waals surface area contributed by atoms with E-state index in [0.29, 0.717) is 19.0 Å². The zero-order chi connectivity index (χ0) is 17.4. The fourth-order valence-electron chi connectivity index (χ4n) is 4.49. The van der Waals surface area contributed by atoms with Gasteiger partial charge in [-0.15, -0.1) is 0 Å². The standard InChI is InChI=1S/C18H25N5O2/c1-12-14(5-2-6-15(12)23-9-8-20-17(23)25)21-16(24)22-18-7-3-4-13(18)10-19-11-18/h2,5-6,13,19H,3-4,7-11H2,1H3,(H,20,25)(H2,21,22,24)/t13-,18-/m0/s1. The van der Waals surface area contributed by atoms with Gasteiger partial charge in [-0.1, -0.05) is 12.5 Å². The van der Waals surface area contributed by atoms with Gasteiger partial charge in [-0.25, -0.2) is 9.59 Å². The van der Waals surface area contributed by atoms with Crippen molar-refractivity contribution in [3.8, 4) is 0 Å². The molecule has 1 aromatic carbocycles. The smallest absolute Gasteiger partial charge is 0.322 e. The average molecular weight is 343 g/mol. The minimum Gasteiger partial charge on any atom is -0.336 e. The molecule has 1 saturated carbocycles. The molecular formula is C18H25N5O2. The van der Waals surface area contributed by atoms with Crippen LogP contribution in [0.15, 0.2) is 18.2 Å². The van der Waals surface area contributed by atoms with E-state index in [0.717, 1.165) is 36.4 Å². The van der Waals surface area contributed by atoms with E-state index in [1.54, 1.807) is 4.90 Å². The summed E-state index contributed by atoms with van der Waals surface area (Å²) in [5, 5.41) is 12.4. The lowest BCUT2D eigenvalue weighted by atomic mass is 9.91. The number of hydrogen-bond donors (Lipinski definition) is 4. The number of carbonyl (C=O) groups excluding carboxylic acids is 2. The molecule has 1 aromatic rings. The third kappa shape index (κ3) is 2.82. The molecule has 7 nitrogen and oxygen atoms in total. The zero-order valence-electron chi connectivity index (χ0n) is 14.5. The van der Waals surface area contributed by atoms with Crippen molar-refractivity contribution in [3.05, 3.63) is 23.8 Å². The number of urea groups is 2. The van der Waals surface area contributed by atoms with Gasteiger partial charge in [-0.3, -0.25) is 4.90 Å². The van der Waals surface area contributed by atoms with Crippen molar-refractivity contribution in [2.45, 2.75) is 31.7 Å². The van der Waals surface area contributed by atoms with Gasteiger partial charge in [0.05, 0.1) is 11.2 Å². The molecule has 25 heavy (non-hydrogen) atoms. The van der Waals surface area contributed by atoms with Gasteiger partial charge in [0, 0.05) is 31.9 Å². The first-order chi connectivity index (χ1) is 12.1. The summed E-state index contributed by atoms with van der Waals surface area (Å²) in [6.45, 7) is 5.06. The van der Waals surface area contributed by atoms with Crippen LogP contribution in [0.4, 0.5) is 21.0 Å². The molecule has 4 rings (SSSR count). The third-order valence-corrected chi connectivity index (χ3v) is 5.85. The lowest BCUT2D eigenvalue weighted by Crippen LogP contribution is -2.53. The van der Waals surface area contributed by atoms with Gasteiger partial charge in [0.15, 0.2) is 0 Å². The van der Waals surface area contributed by atoms with Crippen LogP contribution >= 0.6 is 0 Å². The van der Waals surface area contributed by atoms with Crippen LogP contribution < -0.4 is 26.2 Å². The first-order valence-corrected chi connectivity index (χ1v) is 9.04. The molecule has 0 aromatic heterocycles. The summed E-state index contributed by atoms with van der Waals surface area (Å²) in [7, 11) is 0. The van der Waals surface area contributed by atoms with Crippen LogP contribution in [0.3, 0.4) is 0 Å². The van der Waals surface area contributed by atoms with Crippen LogP contribution in [0.1, 0.15) is 24.8 Å². The summed E-state index contributed by atoms with van der Waals surface area (Å²) in [4.78, 5) is 26.2. The van der Waals surface area contributed by atoms with E-state index in [4.69, 9.17) is 0 Å². The summed E-state index contributed by atoms with van der Waals surface area (Å²) < 4.78 is 0. The molecule has 3 aliphatic rings. The molecule has 7 heteroatoms. The fourth-order valence-corrected chi connectivity index (χ4v) is 4.49. The van der Waals surface area contributed by atoms with Crippen LogP contribution in [-0.2, 0) is 0 Å². The van der Waals surface area contributed by atoms with Crippen LogP contribution in [0, 0.1) is 12.8 Å². The minimum absolute atomic E-state index is 0.0885. The van der Waals surface area contributed by atoms with Crippen molar-refractivity contribution in [3.63, 3.8) is 0 Å². The highest BCUT2D eigenvalue weighted by Gasteiger charge is 2.47. The van der Waals surface area contributed by atoms with Gasteiger partial charge in [0.25, 0.3) is 0 Å². The summed E-state index contributed by atoms with van der Waals surface area (Å²) >= 11 is 0. The number of carbonyl (C=O) groups is 2. The SMILES string of the molecule is Cc1c(NC(=O)N[C@]23CCC[C@H]2CNC3)cccc1N1CCNC1=O. The Bertz CT molecular complexity index is 695. The number of nitrogens with zero attached hydrogens (tertiary/aromatic N) is 1. The van der Waals surface area contributed by atoms with Crippen molar-refractivity contribution < 1.29 is 9.59 Å². The molecule has 134 valence electrons. The second-order valence-electron chi connectivity index (χ2n) is 7.29. The average Bonchev–Trinajstić information content (AvgIpc) is 3.25. The first kappa shape index (κ1) is 16.2. The van der Waals surface area contributed by atoms with Crippen LogP contribution in [0.2, 0.25) is 0 Å². The van der Waals surface area contributed by atoms with E-state index >= 15 is 0 Å². The van der Waals surface area contributed by atoms with E-state index in [-0.39, 0.29) is 17.6 Å². The molecule has 2 saturated heterocycles. The van der Waals surface area contributed by atoms with Gasteiger partial charge in [0.1, 0.15) is 0 Å². The normalized spacial score (nSPS) is 28.0.